The SMILES string of the molecule is CN1CCN(C(=O)c2ccc(N3C(=O)[C@@H]4CCCC[C@H]4C3=O)cc2)CC1. The van der Waals surface area contributed by atoms with Gasteiger partial charge in [0.2, 0.25) is 11.8 Å². The monoisotopic (exact) mass is 355 g/mol. The van der Waals surface area contributed by atoms with Crippen molar-refractivity contribution in [2.24, 2.45) is 11.8 Å². The molecule has 2 heterocycles. The zero-order valence-corrected chi connectivity index (χ0v) is 15.2. The molecule has 26 heavy (non-hydrogen) atoms. The minimum atomic E-state index is -0.150. The van der Waals surface area contributed by atoms with Crippen LogP contribution in [0.2, 0.25) is 0 Å². The number of rotatable bonds is 2. The van der Waals surface area contributed by atoms with E-state index in [-0.39, 0.29) is 29.6 Å². The van der Waals surface area contributed by atoms with Crippen LogP contribution >= 0.6 is 0 Å². The van der Waals surface area contributed by atoms with Crippen LogP contribution < -0.4 is 4.90 Å². The van der Waals surface area contributed by atoms with Crippen LogP contribution in [0.1, 0.15) is 36.0 Å². The van der Waals surface area contributed by atoms with Gasteiger partial charge in [0.15, 0.2) is 0 Å². The third kappa shape index (κ3) is 2.92. The zero-order chi connectivity index (χ0) is 18.3. The first kappa shape index (κ1) is 17.2. The lowest BCUT2D eigenvalue weighted by Crippen LogP contribution is -2.47. The number of imide groups is 1. The molecule has 2 atom stereocenters. The highest BCUT2D eigenvalue weighted by atomic mass is 16.2. The van der Waals surface area contributed by atoms with Gasteiger partial charge in [-0.2, -0.15) is 0 Å². The fraction of sp³-hybridized carbons (Fsp3) is 0.550. The highest BCUT2D eigenvalue weighted by Gasteiger charge is 2.48. The predicted octanol–water partition coefficient (Wildman–Crippen LogP) is 1.75. The van der Waals surface area contributed by atoms with Gasteiger partial charge in [-0.25, -0.2) is 0 Å². The molecule has 138 valence electrons. The Morgan fingerprint density at radius 1 is 0.885 bits per heavy atom. The van der Waals surface area contributed by atoms with E-state index < -0.39 is 0 Å². The van der Waals surface area contributed by atoms with E-state index in [1.54, 1.807) is 24.3 Å². The van der Waals surface area contributed by atoms with Gasteiger partial charge >= 0.3 is 0 Å². The van der Waals surface area contributed by atoms with Crippen LogP contribution in [-0.4, -0.2) is 60.7 Å². The second kappa shape index (κ2) is 6.83. The molecule has 1 aromatic rings. The molecule has 0 spiro atoms. The normalized spacial score (nSPS) is 27.0. The van der Waals surface area contributed by atoms with Crippen molar-refractivity contribution in [1.29, 1.82) is 0 Å². The van der Waals surface area contributed by atoms with Crippen molar-refractivity contribution in [3.8, 4) is 0 Å². The second-order valence-electron chi connectivity index (χ2n) is 7.65. The summed E-state index contributed by atoms with van der Waals surface area (Å²) in [5.74, 6) is -0.432. The average Bonchev–Trinajstić information content (AvgIpc) is 2.93. The fourth-order valence-corrected chi connectivity index (χ4v) is 4.36. The van der Waals surface area contributed by atoms with Crippen LogP contribution in [0, 0.1) is 11.8 Å². The van der Waals surface area contributed by atoms with Crippen molar-refractivity contribution in [3.63, 3.8) is 0 Å². The van der Waals surface area contributed by atoms with Gasteiger partial charge in [-0.1, -0.05) is 12.8 Å². The van der Waals surface area contributed by atoms with E-state index in [0.717, 1.165) is 51.9 Å². The molecule has 6 heteroatoms. The van der Waals surface area contributed by atoms with E-state index in [2.05, 4.69) is 11.9 Å². The number of carbonyl (C=O) groups is 3. The summed E-state index contributed by atoms with van der Waals surface area (Å²) >= 11 is 0. The summed E-state index contributed by atoms with van der Waals surface area (Å²) in [6, 6.07) is 6.93. The fourth-order valence-electron chi connectivity index (χ4n) is 4.36. The lowest BCUT2D eigenvalue weighted by molar-refractivity contribution is -0.122. The first-order valence-corrected chi connectivity index (χ1v) is 9.52. The summed E-state index contributed by atoms with van der Waals surface area (Å²) in [6.45, 7) is 3.21. The number of likely N-dealkylation sites (N-methyl/N-ethyl adjacent to an activating group) is 1. The molecule has 0 bridgehead atoms. The quantitative estimate of drug-likeness (QED) is 0.759. The molecule has 2 saturated heterocycles. The molecule has 3 aliphatic rings. The largest absolute Gasteiger partial charge is 0.336 e. The number of anilines is 1. The maximum atomic E-state index is 12.7. The summed E-state index contributed by atoms with van der Waals surface area (Å²) in [5.41, 5.74) is 1.19. The number of hydrogen-bond acceptors (Lipinski definition) is 4. The minimum absolute atomic E-state index is 0.0115. The Bertz CT molecular complexity index is 698. The third-order valence-corrected chi connectivity index (χ3v) is 6.00. The Balaban J connectivity index is 1.50. The molecule has 4 rings (SSSR count). The van der Waals surface area contributed by atoms with Gasteiger partial charge in [0.1, 0.15) is 0 Å². The molecule has 1 saturated carbocycles. The van der Waals surface area contributed by atoms with E-state index in [1.807, 2.05) is 4.90 Å². The minimum Gasteiger partial charge on any atom is -0.336 e. The number of fused-ring (bicyclic) bond motifs is 1. The topological polar surface area (TPSA) is 60.9 Å². The molecule has 1 aliphatic carbocycles. The summed E-state index contributed by atoms with van der Waals surface area (Å²) in [5, 5.41) is 0. The first-order valence-electron chi connectivity index (χ1n) is 9.52. The van der Waals surface area contributed by atoms with Gasteiger partial charge in [0.05, 0.1) is 17.5 Å². The summed E-state index contributed by atoms with van der Waals surface area (Å²) < 4.78 is 0. The van der Waals surface area contributed by atoms with Crippen molar-refractivity contribution < 1.29 is 14.4 Å². The number of amides is 3. The number of carbonyl (C=O) groups excluding carboxylic acids is 3. The Kier molecular flexibility index (Phi) is 4.53. The van der Waals surface area contributed by atoms with Crippen molar-refractivity contribution in [2.45, 2.75) is 25.7 Å². The van der Waals surface area contributed by atoms with Crippen LogP contribution in [0.4, 0.5) is 5.69 Å². The molecule has 2 aliphatic heterocycles. The second-order valence-corrected chi connectivity index (χ2v) is 7.65. The number of nitrogens with zero attached hydrogens (tertiary/aromatic N) is 3. The van der Waals surface area contributed by atoms with Crippen molar-refractivity contribution in [3.05, 3.63) is 29.8 Å². The number of hydrogen-bond donors (Lipinski definition) is 0. The third-order valence-electron chi connectivity index (χ3n) is 6.00. The van der Waals surface area contributed by atoms with Crippen molar-refractivity contribution in [1.82, 2.24) is 9.80 Å². The van der Waals surface area contributed by atoms with Crippen LogP contribution in [0.15, 0.2) is 24.3 Å². The standard InChI is InChI=1S/C20H25N3O3/c1-21-10-12-22(13-11-21)18(24)14-6-8-15(9-7-14)23-19(25)16-4-2-3-5-17(16)20(23)26/h6-9,16-17H,2-5,10-13H2,1H3/t16-,17-/m1/s1. The Morgan fingerprint density at radius 2 is 1.42 bits per heavy atom. The summed E-state index contributed by atoms with van der Waals surface area (Å²) in [4.78, 5) is 43.4. The van der Waals surface area contributed by atoms with E-state index in [9.17, 15) is 14.4 Å². The smallest absolute Gasteiger partial charge is 0.253 e. The van der Waals surface area contributed by atoms with E-state index in [1.165, 1.54) is 4.90 Å². The molecule has 6 nitrogen and oxygen atoms in total. The van der Waals surface area contributed by atoms with Gasteiger partial charge in [-0.05, 0) is 44.2 Å². The zero-order valence-electron chi connectivity index (χ0n) is 15.2. The summed E-state index contributed by atoms with van der Waals surface area (Å²) in [7, 11) is 2.05. The molecule has 3 amide bonds. The first-order chi connectivity index (χ1) is 12.6. The van der Waals surface area contributed by atoms with Crippen LogP contribution in [-0.2, 0) is 9.59 Å². The van der Waals surface area contributed by atoms with Gasteiger partial charge in [-0.15, -0.1) is 0 Å². The molecule has 0 radical (unpaired) electrons. The van der Waals surface area contributed by atoms with Crippen LogP contribution in [0.3, 0.4) is 0 Å². The summed E-state index contributed by atoms with van der Waals surface area (Å²) in [6.07, 6.45) is 3.66. The Labute approximate surface area is 153 Å². The maximum Gasteiger partial charge on any atom is 0.253 e. The molecule has 0 N–H and O–H groups in total. The van der Waals surface area contributed by atoms with Gasteiger partial charge < -0.3 is 9.80 Å². The molecule has 3 fully saturated rings. The highest BCUT2D eigenvalue weighted by molar-refractivity contribution is 6.22. The number of piperazine rings is 1. The van der Waals surface area contributed by atoms with E-state index >= 15 is 0 Å². The predicted molar refractivity (Wildman–Crippen MR) is 97.8 cm³/mol. The number of benzene rings is 1. The highest BCUT2D eigenvalue weighted by Crippen LogP contribution is 2.40. The Hall–Kier alpha value is -2.21. The van der Waals surface area contributed by atoms with Gasteiger partial charge in [0.25, 0.3) is 5.91 Å². The molecular weight excluding hydrogens is 330 g/mol. The lowest BCUT2D eigenvalue weighted by atomic mass is 9.81. The van der Waals surface area contributed by atoms with Crippen LogP contribution in [0.25, 0.3) is 0 Å². The maximum absolute atomic E-state index is 12.7. The van der Waals surface area contributed by atoms with Gasteiger partial charge in [-0.3, -0.25) is 19.3 Å². The lowest BCUT2D eigenvalue weighted by Gasteiger charge is -2.32. The van der Waals surface area contributed by atoms with Gasteiger partial charge in [0, 0.05) is 31.7 Å². The van der Waals surface area contributed by atoms with Crippen molar-refractivity contribution in [2.75, 3.05) is 38.1 Å². The molecule has 0 unspecified atom stereocenters. The molecular formula is C20H25N3O3. The van der Waals surface area contributed by atoms with Crippen molar-refractivity contribution >= 4 is 23.4 Å². The van der Waals surface area contributed by atoms with Crippen LogP contribution in [0.5, 0.6) is 0 Å². The Morgan fingerprint density at radius 3 is 1.96 bits per heavy atom. The van der Waals surface area contributed by atoms with E-state index in [0.29, 0.717) is 11.3 Å². The van der Waals surface area contributed by atoms with E-state index in [4.69, 9.17) is 0 Å². The molecule has 1 aromatic carbocycles. The molecule has 0 aromatic heterocycles. The average molecular weight is 355 g/mol.